The molecule has 1 aliphatic heterocycles. The van der Waals surface area contributed by atoms with Crippen LogP contribution in [-0.2, 0) is 0 Å². The fourth-order valence-electron chi connectivity index (χ4n) is 3.96. The number of ether oxygens (including phenoxy) is 1. The van der Waals surface area contributed by atoms with Crippen molar-refractivity contribution in [2.75, 3.05) is 26.7 Å². The third-order valence-electron chi connectivity index (χ3n) is 5.48. The summed E-state index contributed by atoms with van der Waals surface area (Å²) in [5.41, 5.74) is 2.20. The van der Waals surface area contributed by atoms with E-state index in [-0.39, 0.29) is 24.3 Å². The summed E-state index contributed by atoms with van der Waals surface area (Å²) in [5, 5.41) is 3.86. The molecule has 1 fully saturated rings. The Morgan fingerprint density at radius 3 is 2.60 bits per heavy atom. The second-order valence-electron chi connectivity index (χ2n) is 7.47. The van der Waals surface area contributed by atoms with Crippen LogP contribution in [0.2, 0.25) is 0 Å². The van der Waals surface area contributed by atoms with E-state index in [2.05, 4.69) is 5.32 Å². The Labute approximate surface area is 173 Å². The normalized spacial score (nSPS) is 15.6. The molecule has 7 heteroatoms. The van der Waals surface area contributed by atoms with Gasteiger partial charge in [-0.2, -0.15) is 0 Å². The highest BCUT2D eigenvalue weighted by Gasteiger charge is 2.27. The van der Waals surface area contributed by atoms with Crippen molar-refractivity contribution in [1.29, 1.82) is 0 Å². The van der Waals surface area contributed by atoms with Gasteiger partial charge in [-0.3, -0.25) is 9.69 Å². The van der Waals surface area contributed by atoms with Crippen molar-refractivity contribution < 1.29 is 22.7 Å². The zero-order valence-electron chi connectivity index (χ0n) is 16.7. The van der Waals surface area contributed by atoms with E-state index in [9.17, 15) is 13.6 Å². The average molecular weight is 414 g/mol. The standard InChI is InChI=1S/C23H24F2N2O3/c1-29-17-7-8-18-19(13-17)30-22(21(18)15-5-3-2-4-6-15)23(28)26-16-9-11-27(12-10-16)14-20(24)25/h2-8,13,16,20H,9-12,14H2,1H3,(H,26,28). The van der Waals surface area contributed by atoms with Gasteiger partial charge in [0.2, 0.25) is 5.76 Å². The van der Waals surface area contributed by atoms with E-state index in [1.807, 2.05) is 42.5 Å². The Hall–Kier alpha value is -2.93. The zero-order valence-corrected chi connectivity index (χ0v) is 16.7. The average Bonchev–Trinajstić information content (AvgIpc) is 3.14. The summed E-state index contributed by atoms with van der Waals surface area (Å²) in [6.07, 6.45) is -1.07. The molecule has 0 atom stereocenters. The number of hydrogen-bond acceptors (Lipinski definition) is 4. The molecule has 0 radical (unpaired) electrons. The molecular formula is C23H24F2N2O3. The van der Waals surface area contributed by atoms with Crippen LogP contribution < -0.4 is 10.1 Å². The van der Waals surface area contributed by atoms with Crippen molar-refractivity contribution in [3.63, 3.8) is 0 Å². The highest BCUT2D eigenvalue weighted by atomic mass is 19.3. The first-order valence-corrected chi connectivity index (χ1v) is 10.0. The summed E-state index contributed by atoms with van der Waals surface area (Å²) in [4.78, 5) is 14.9. The number of alkyl halides is 2. The molecule has 0 bridgehead atoms. The van der Waals surface area contributed by atoms with Gasteiger partial charge in [0.25, 0.3) is 12.3 Å². The van der Waals surface area contributed by atoms with Gasteiger partial charge in [-0.15, -0.1) is 0 Å². The molecule has 0 spiro atoms. The predicted octanol–water partition coefficient (Wildman–Crippen LogP) is 4.57. The molecule has 2 heterocycles. The van der Waals surface area contributed by atoms with Crippen molar-refractivity contribution in [1.82, 2.24) is 10.2 Å². The number of benzene rings is 2. The van der Waals surface area contributed by atoms with Gasteiger partial charge in [-0.05, 0) is 30.5 Å². The van der Waals surface area contributed by atoms with Crippen LogP contribution in [0.5, 0.6) is 5.75 Å². The van der Waals surface area contributed by atoms with Gasteiger partial charge in [0, 0.05) is 36.1 Å². The largest absolute Gasteiger partial charge is 0.497 e. The number of likely N-dealkylation sites (tertiary alicyclic amines) is 1. The summed E-state index contributed by atoms with van der Waals surface area (Å²) in [5.74, 6) is 0.602. The molecule has 1 amide bonds. The quantitative estimate of drug-likeness (QED) is 0.642. The van der Waals surface area contributed by atoms with E-state index in [4.69, 9.17) is 9.15 Å². The van der Waals surface area contributed by atoms with Crippen molar-refractivity contribution in [3.8, 4) is 16.9 Å². The number of rotatable bonds is 6. The number of furan rings is 1. The third kappa shape index (κ3) is 4.31. The molecule has 4 rings (SSSR count). The minimum atomic E-state index is -2.34. The Bertz CT molecular complexity index is 1010. The lowest BCUT2D eigenvalue weighted by molar-refractivity contribution is 0.0690. The SMILES string of the molecule is COc1ccc2c(-c3ccccc3)c(C(=O)NC3CCN(CC(F)F)CC3)oc2c1. The molecule has 5 nitrogen and oxygen atoms in total. The minimum absolute atomic E-state index is 0.0715. The van der Waals surface area contributed by atoms with Gasteiger partial charge < -0.3 is 14.5 Å². The predicted molar refractivity (Wildman–Crippen MR) is 111 cm³/mol. The van der Waals surface area contributed by atoms with Gasteiger partial charge in [0.05, 0.1) is 13.7 Å². The number of methoxy groups -OCH3 is 1. The summed E-state index contributed by atoms with van der Waals surface area (Å²) >= 11 is 0. The summed E-state index contributed by atoms with van der Waals surface area (Å²) in [7, 11) is 1.58. The number of fused-ring (bicyclic) bond motifs is 1. The number of nitrogens with one attached hydrogen (secondary N) is 1. The van der Waals surface area contributed by atoms with Crippen molar-refractivity contribution in [2.45, 2.75) is 25.3 Å². The molecule has 0 saturated carbocycles. The highest BCUT2D eigenvalue weighted by molar-refractivity contribution is 6.08. The maximum atomic E-state index is 13.1. The topological polar surface area (TPSA) is 54.7 Å². The minimum Gasteiger partial charge on any atom is -0.497 e. The lowest BCUT2D eigenvalue weighted by Gasteiger charge is -2.31. The first-order valence-electron chi connectivity index (χ1n) is 10.0. The summed E-state index contributed by atoms with van der Waals surface area (Å²) in [6.45, 7) is 0.862. The van der Waals surface area contributed by atoms with E-state index in [1.165, 1.54) is 0 Å². The molecule has 1 saturated heterocycles. The number of nitrogens with zero attached hydrogens (tertiary/aromatic N) is 1. The Balaban J connectivity index is 1.59. The van der Waals surface area contributed by atoms with Crippen molar-refractivity contribution in [2.24, 2.45) is 0 Å². The molecule has 3 aromatic rings. The number of amides is 1. The lowest BCUT2D eigenvalue weighted by Crippen LogP contribution is -2.45. The Morgan fingerprint density at radius 1 is 1.20 bits per heavy atom. The van der Waals surface area contributed by atoms with E-state index in [0.717, 1.165) is 16.5 Å². The first-order chi connectivity index (χ1) is 14.5. The number of piperidine rings is 1. The maximum Gasteiger partial charge on any atom is 0.287 e. The molecule has 1 N–H and O–H groups in total. The summed E-state index contributed by atoms with van der Waals surface area (Å²) in [6, 6.07) is 15.0. The van der Waals surface area contributed by atoms with Crippen LogP contribution in [0.4, 0.5) is 8.78 Å². The molecule has 30 heavy (non-hydrogen) atoms. The van der Waals surface area contributed by atoms with Crippen LogP contribution in [-0.4, -0.2) is 50.0 Å². The molecule has 0 unspecified atom stereocenters. The first kappa shape index (κ1) is 20.3. The molecule has 1 aliphatic rings. The van der Waals surface area contributed by atoms with Gasteiger partial charge >= 0.3 is 0 Å². The monoisotopic (exact) mass is 414 g/mol. The summed E-state index contributed by atoms with van der Waals surface area (Å²) < 4.78 is 36.4. The van der Waals surface area contributed by atoms with E-state index < -0.39 is 6.43 Å². The van der Waals surface area contributed by atoms with Crippen LogP contribution in [0.25, 0.3) is 22.1 Å². The second-order valence-corrected chi connectivity index (χ2v) is 7.47. The van der Waals surface area contributed by atoms with Crippen molar-refractivity contribution >= 4 is 16.9 Å². The van der Waals surface area contributed by atoms with Gasteiger partial charge in [-0.1, -0.05) is 30.3 Å². The van der Waals surface area contributed by atoms with Crippen LogP contribution in [0.1, 0.15) is 23.4 Å². The maximum absolute atomic E-state index is 13.1. The molecule has 2 aromatic carbocycles. The van der Waals surface area contributed by atoms with Crippen LogP contribution >= 0.6 is 0 Å². The molecular weight excluding hydrogens is 390 g/mol. The fourth-order valence-corrected chi connectivity index (χ4v) is 3.96. The number of hydrogen-bond donors (Lipinski definition) is 1. The number of halogens is 2. The van der Waals surface area contributed by atoms with E-state index >= 15 is 0 Å². The van der Waals surface area contributed by atoms with Crippen LogP contribution in [0.3, 0.4) is 0 Å². The van der Waals surface area contributed by atoms with Crippen LogP contribution in [0, 0.1) is 0 Å². The number of carbonyl (C=O) groups is 1. The number of carbonyl (C=O) groups excluding carboxylic acids is 1. The molecule has 1 aromatic heterocycles. The van der Waals surface area contributed by atoms with Gasteiger partial charge in [0.15, 0.2) is 0 Å². The zero-order chi connectivity index (χ0) is 21.1. The second kappa shape index (κ2) is 8.83. The highest BCUT2D eigenvalue weighted by Crippen LogP contribution is 2.36. The van der Waals surface area contributed by atoms with E-state index in [1.54, 1.807) is 18.1 Å². The Kier molecular flexibility index (Phi) is 5.99. The molecule has 0 aliphatic carbocycles. The lowest BCUT2D eigenvalue weighted by atomic mass is 10.0. The smallest absolute Gasteiger partial charge is 0.287 e. The van der Waals surface area contributed by atoms with E-state index in [0.29, 0.717) is 37.3 Å². The Morgan fingerprint density at radius 2 is 1.93 bits per heavy atom. The van der Waals surface area contributed by atoms with Gasteiger partial charge in [0.1, 0.15) is 11.3 Å². The van der Waals surface area contributed by atoms with Gasteiger partial charge in [-0.25, -0.2) is 8.78 Å². The van der Waals surface area contributed by atoms with Crippen molar-refractivity contribution in [3.05, 3.63) is 54.3 Å². The fraction of sp³-hybridized carbons (Fsp3) is 0.348. The molecule has 158 valence electrons. The van der Waals surface area contributed by atoms with Crippen LogP contribution in [0.15, 0.2) is 52.9 Å². The third-order valence-corrected chi connectivity index (χ3v) is 5.48.